The summed E-state index contributed by atoms with van der Waals surface area (Å²) in [6.45, 7) is 2.05. The number of amides is 2. The van der Waals surface area contributed by atoms with E-state index in [2.05, 4.69) is 33.0 Å². The fourth-order valence-electron chi connectivity index (χ4n) is 3.68. The molecule has 2 saturated heterocycles. The molecule has 2 unspecified atom stereocenters. The third kappa shape index (κ3) is 2.68. The topological polar surface area (TPSA) is 40.6 Å². The predicted octanol–water partition coefficient (Wildman–Crippen LogP) is 3.07. The summed E-state index contributed by atoms with van der Waals surface area (Å²) in [4.78, 5) is 29.0. The minimum absolute atomic E-state index is 0.0621. The van der Waals surface area contributed by atoms with Gasteiger partial charge in [-0.25, -0.2) is 4.90 Å². The molecule has 5 heteroatoms. The molecule has 4 nitrogen and oxygen atoms in total. The maximum absolute atomic E-state index is 12.7. The molecule has 2 aromatic rings. The largest absolute Gasteiger partial charge is 0.297 e. The van der Waals surface area contributed by atoms with E-state index in [1.807, 2.05) is 42.5 Å². The average Bonchev–Trinajstić information content (AvgIpc) is 3.08. The zero-order valence-electron chi connectivity index (χ0n) is 13.1. The van der Waals surface area contributed by atoms with Gasteiger partial charge in [0.2, 0.25) is 11.8 Å². The summed E-state index contributed by atoms with van der Waals surface area (Å²) in [5.41, 5.74) is 1.87. The second kappa shape index (κ2) is 6.15. The van der Waals surface area contributed by atoms with E-state index in [-0.39, 0.29) is 23.7 Å². The summed E-state index contributed by atoms with van der Waals surface area (Å²) in [5, 5.41) is 0. The van der Waals surface area contributed by atoms with Crippen molar-refractivity contribution < 1.29 is 9.59 Å². The smallest absolute Gasteiger partial charge is 0.239 e. The van der Waals surface area contributed by atoms with Crippen molar-refractivity contribution >= 4 is 33.4 Å². The van der Waals surface area contributed by atoms with Crippen molar-refractivity contribution in [2.75, 3.05) is 18.0 Å². The van der Waals surface area contributed by atoms with Crippen LogP contribution in [0.3, 0.4) is 0 Å². The quantitative estimate of drug-likeness (QED) is 0.763. The second-order valence-corrected chi connectivity index (χ2v) is 7.30. The van der Waals surface area contributed by atoms with Crippen LogP contribution in [0.15, 0.2) is 59.1 Å². The van der Waals surface area contributed by atoms with Crippen LogP contribution in [0.5, 0.6) is 0 Å². The third-order valence-corrected chi connectivity index (χ3v) is 5.27. The summed E-state index contributed by atoms with van der Waals surface area (Å²) >= 11 is 3.48. The molecule has 2 fully saturated rings. The highest BCUT2D eigenvalue weighted by Gasteiger charge is 2.52. The van der Waals surface area contributed by atoms with Crippen LogP contribution in [0.2, 0.25) is 0 Å². The number of fused-ring (bicyclic) bond motifs is 1. The standard InChI is InChI=1S/C19H17BrN2O2/c20-14-6-4-5-13(9-14)10-21-11-16-17(12-21)19(24)22(18(16)23)15-7-2-1-3-8-15/h1-9,16-17H,10-12H2. The van der Waals surface area contributed by atoms with Gasteiger partial charge in [0.15, 0.2) is 0 Å². The van der Waals surface area contributed by atoms with Crippen LogP contribution in [0, 0.1) is 11.8 Å². The lowest BCUT2D eigenvalue weighted by Crippen LogP contribution is -2.35. The predicted molar refractivity (Wildman–Crippen MR) is 95.3 cm³/mol. The molecule has 2 amide bonds. The van der Waals surface area contributed by atoms with Gasteiger partial charge in [0, 0.05) is 24.1 Å². The Kier molecular flexibility index (Phi) is 3.98. The fraction of sp³-hybridized carbons (Fsp3) is 0.263. The highest BCUT2D eigenvalue weighted by Crippen LogP contribution is 2.36. The van der Waals surface area contributed by atoms with Crippen LogP contribution in [-0.2, 0) is 16.1 Å². The summed E-state index contributed by atoms with van der Waals surface area (Å²) in [6.07, 6.45) is 0. The Morgan fingerprint density at radius 1 is 0.917 bits per heavy atom. The second-order valence-electron chi connectivity index (χ2n) is 6.38. The van der Waals surface area contributed by atoms with Crippen molar-refractivity contribution in [1.82, 2.24) is 4.90 Å². The number of rotatable bonds is 3. The van der Waals surface area contributed by atoms with Gasteiger partial charge in [-0.15, -0.1) is 0 Å². The zero-order chi connectivity index (χ0) is 16.7. The number of nitrogens with zero attached hydrogens (tertiary/aromatic N) is 2. The number of halogens is 1. The Morgan fingerprint density at radius 3 is 2.21 bits per heavy atom. The first-order chi connectivity index (χ1) is 11.6. The van der Waals surface area contributed by atoms with Crippen molar-refractivity contribution in [3.63, 3.8) is 0 Å². The first kappa shape index (κ1) is 15.5. The van der Waals surface area contributed by atoms with E-state index in [0.29, 0.717) is 18.8 Å². The van der Waals surface area contributed by atoms with Gasteiger partial charge in [0.05, 0.1) is 17.5 Å². The molecule has 2 aliphatic rings. The van der Waals surface area contributed by atoms with Gasteiger partial charge in [-0.2, -0.15) is 0 Å². The van der Waals surface area contributed by atoms with Crippen molar-refractivity contribution in [2.45, 2.75) is 6.54 Å². The van der Waals surface area contributed by atoms with Crippen LogP contribution in [0.4, 0.5) is 5.69 Å². The molecule has 0 aromatic heterocycles. The van der Waals surface area contributed by atoms with E-state index in [1.54, 1.807) is 0 Å². The molecule has 0 bridgehead atoms. The number of hydrogen-bond donors (Lipinski definition) is 0. The van der Waals surface area contributed by atoms with Crippen molar-refractivity contribution in [1.29, 1.82) is 0 Å². The summed E-state index contributed by atoms with van der Waals surface area (Å²) in [5.74, 6) is -0.560. The van der Waals surface area contributed by atoms with Crippen molar-refractivity contribution in [2.24, 2.45) is 11.8 Å². The Hall–Kier alpha value is -1.98. The number of para-hydroxylation sites is 1. The fourth-order valence-corrected chi connectivity index (χ4v) is 4.13. The molecule has 24 heavy (non-hydrogen) atoms. The third-order valence-electron chi connectivity index (χ3n) is 4.78. The molecular weight excluding hydrogens is 368 g/mol. The van der Waals surface area contributed by atoms with Crippen LogP contribution in [-0.4, -0.2) is 29.8 Å². The lowest BCUT2D eigenvalue weighted by Gasteiger charge is -2.20. The maximum Gasteiger partial charge on any atom is 0.239 e. The van der Waals surface area contributed by atoms with E-state index in [0.717, 1.165) is 11.0 Å². The normalized spacial score (nSPS) is 23.8. The van der Waals surface area contributed by atoms with Gasteiger partial charge >= 0.3 is 0 Å². The molecule has 0 spiro atoms. The molecule has 2 aliphatic heterocycles. The monoisotopic (exact) mass is 384 g/mol. The van der Waals surface area contributed by atoms with Gasteiger partial charge in [0.25, 0.3) is 0 Å². The van der Waals surface area contributed by atoms with Crippen LogP contribution < -0.4 is 4.90 Å². The van der Waals surface area contributed by atoms with Gasteiger partial charge < -0.3 is 0 Å². The molecule has 4 rings (SSSR count). The zero-order valence-corrected chi connectivity index (χ0v) is 14.6. The Balaban J connectivity index is 1.50. The van der Waals surface area contributed by atoms with Crippen LogP contribution in [0.1, 0.15) is 5.56 Å². The van der Waals surface area contributed by atoms with E-state index in [4.69, 9.17) is 0 Å². The SMILES string of the molecule is O=C1C2CN(Cc3cccc(Br)c3)CC2C(=O)N1c1ccccc1. The van der Waals surface area contributed by atoms with Gasteiger partial charge in [-0.3, -0.25) is 14.5 Å². The molecular formula is C19H17BrN2O2. The number of benzene rings is 2. The number of anilines is 1. The van der Waals surface area contributed by atoms with E-state index < -0.39 is 0 Å². The Morgan fingerprint density at radius 2 is 1.58 bits per heavy atom. The number of carbonyl (C=O) groups is 2. The molecule has 0 radical (unpaired) electrons. The highest BCUT2D eigenvalue weighted by atomic mass is 79.9. The van der Waals surface area contributed by atoms with Crippen LogP contribution in [0.25, 0.3) is 0 Å². The number of hydrogen-bond acceptors (Lipinski definition) is 3. The molecule has 2 atom stereocenters. The summed E-state index contributed by atoms with van der Waals surface area (Å²) in [7, 11) is 0. The minimum Gasteiger partial charge on any atom is -0.297 e. The molecule has 2 aromatic carbocycles. The molecule has 0 saturated carbocycles. The van der Waals surface area contributed by atoms with Crippen LogP contribution >= 0.6 is 15.9 Å². The first-order valence-corrected chi connectivity index (χ1v) is 8.82. The Bertz CT molecular complexity index is 769. The summed E-state index contributed by atoms with van der Waals surface area (Å²) in [6, 6.07) is 17.4. The lowest BCUT2D eigenvalue weighted by atomic mass is 10.00. The Labute approximate surface area is 149 Å². The van der Waals surface area contributed by atoms with Gasteiger partial charge in [-0.05, 0) is 29.8 Å². The average molecular weight is 385 g/mol. The molecule has 2 heterocycles. The van der Waals surface area contributed by atoms with E-state index >= 15 is 0 Å². The van der Waals surface area contributed by atoms with Gasteiger partial charge in [0.1, 0.15) is 0 Å². The maximum atomic E-state index is 12.7. The lowest BCUT2D eigenvalue weighted by molar-refractivity contribution is -0.123. The van der Waals surface area contributed by atoms with E-state index in [1.165, 1.54) is 10.5 Å². The van der Waals surface area contributed by atoms with Crippen molar-refractivity contribution in [3.8, 4) is 0 Å². The first-order valence-electron chi connectivity index (χ1n) is 8.03. The van der Waals surface area contributed by atoms with E-state index in [9.17, 15) is 9.59 Å². The van der Waals surface area contributed by atoms with Gasteiger partial charge in [-0.1, -0.05) is 46.3 Å². The molecule has 122 valence electrons. The number of imide groups is 1. The number of likely N-dealkylation sites (tertiary alicyclic amines) is 1. The molecule has 0 N–H and O–H groups in total. The number of carbonyl (C=O) groups excluding carboxylic acids is 2. The molecule has 0 aliphatic carbocycles. The van der Waals surface area contributed by atoms with Crippen molar-refractivity contribution in [3.05, 3.63) is 64.6 Å². The minimum atomic E-state index is -0.218. The highest BCUT2D eigenvalue weighted by molar-refractivity contribution is 9.10. The summed E-state index contributed by atoms with van der Waals surface area (Å²) < 4.78 is 1.04.